The Morgan fingerprint density at radius 2 is 1.64 bits per heavy atom. The lowest BCUT2D eigenvalue weighted by molar-refractivity contribution is -0.153. The summed E-state index contributed by atoms with van der Waals surface area (Å²) in [7, 11) is -4.07. The molecule has 184 valence electrons. The number of carbonyl (C=O) groups is 2. The number of aromatic nitrogens is 2. The van der Waals surface area contributed by atoms with Gasteiger partial charge in [-0.15, -0.1) is 0 Å². The van der Waals surface area contributed by atoms with Gasteiger partial charge >= 0.3 is 5.97 Å². The Morgan fingerprint density at radius 3 is 2.39 bits per heavy atom. The number of hydrogen-bond acceptors (Lipinski definition) is 8. The number of ether oxygens (including phenoxy) is 1. The van der Waals surface area contributed by atoms with Crippen molar-refractivity contribution in [3.05, 3.63) is 90.0 Å². The third-order valence-electron chi connectivity index (χ3n) is 6.19. The van der Waals surface area contributed by atoms with Gasteiger partial charge in [0.05, 0.1) is 11.7 Å². The van der Waals surface area contributed by atoms with E-state index in [1.165, 1.54) is 10.4 Å². The van der Waals surface area contributed by atoms with Gasteiger partial charge in [-0.05, 0) is 31.4 Å². The Kier molecular flexibility index (Phi) is 6.90. The molecule has 2 atom stereocenters. The van der Waals surface area contributed by atoms with Crippen molar-refractivity contribution in [1.82, 2.24) is 13.1 Å². The maximum atomic E-state index is 13.7. The molecule has 1 aromatic heterocycles. The monoisotopic (exact) mass is 521 g/mol. The highest BCUT2D eigenvalue weighted by molar-refractivity contribution is 7.89. The van der Waals surface area contributed by atoms with Gasteiger partial charge in [0, 0.05) is 17.7 Å². The molecule has 0 saturated carbocycles. The van der Waals surface area contributed by atoms with E-state index in [9.17, 15) is 18.0 Å². The van der Waals surface area contributed by atoms with Crippen LogP contribution in [0.5, 0.6) is 0 Å². The predicted octanol–water partition coefficient (Wildman–Crippen LogP) is 4.40. The standard InChI is InChI=1S/C26H23N3O5S2/c30-24(18-10-3-1-4-11-18)25(19-12-5-2-6-13-19)34-26(31)21-15-7-8-17-29(21)36(32,33)22-16-9-14-20-23(22)28-35-27-20/h1-6,9-14,16,21,25H,7-8,15,17H2. The van der Waals surface area contributed by atoms with E-state index in [2.05, 4.69) is 8.75 Å². The van der Waals surface area contributed by atoms with Crippen LogP contribution in [0, 0.1) is 0 Å². The lowest BCUT2D eigenvalue weighted by atomic mass is 9.99. The Morgan fingerprint density at radius 1 is 0.917 bits per heavy atom. The minimum Gasteiger partial charge on any atom is -0.448 e. The fourth-order valence-electron chi connectivity index (χ4n) is 4.39. The van der Waals surface area contributed by atoms with Crippen LogP contribution in [0.2, 0.25) is 0 Å². The molecular weight excluding hydrogens is 498 g/mol. The summed E-state index contributed by atoms with van der Waals surface area (Å²) in [5, 5.41) is 0. The number of Topliss-reactive ketones (excluding diaryl/α,β-unsaturated/α-hetero) is 1. The molecule has 2 unspecified atom stereocenters. The molecule has 0 aliphatic carbocycles. The van der Waals surface area contributed by atoms with E-state index in [4.69, 9.17) is 4.74 Å². The molecule has 1 aliphatic rings. The van der Waals surface area contributed by atoms with Crippen molar-refractivity contribution >= 4 is 44.5 Å². The number of sulfonamides is 1. The number of fused-ring (bicyclic) bond motifs is 1. The molecule has 0 bridgehead atoms. The van der Waals surface area contributed by atoms with Crippen molar-refractivity contribution < 1.29 is 22.7 Å². The lowest BCUT2D eigenvalue weighted by Crippen LogP contribution is -2.49. The van der Waals surface area contributed by atoms with Gasteiger partial charge < -0.3 is 4.74 Å². The third-order valence-corrected chi connectivity index (χ3v) is 8.68. The van der Waals surface area contributed by atoms with Crippen LogP contribution in [0.25, 0.3) is 11.0 Å². The summed E-state index contributed by atoms with van der Waals surface area (Å²) >= 11 is 0.932. The van der Waals surface area contributed by atoms with Crippen molar-refractivity contribution in [3.8, 4) is 0 Å². The summed E-state index contributed by atoms with van der Waals surface area (Å²) in [5.74, 6) is -1.13. The highest BCUT2D eigenvalue weighted by Gasteiger charge is 2.41. The van der Waals surface area contributed by atoms with Crippen molar-refractivity contribution in [3.63, 3.8) is 0 Å². The first-order valence-corrected chi connectivity index (χ1v) is 13.7. The van der Waals surface area contributed by atoms with Crippen LogP contribution in [-0.2, 0) is 19.6 Å². The molecule has 10 heteroatoms. The van der Waals surface area contributed by atoms with E-state index in [1.807, 2.05) is 0 Å². The van der Waals surface area contributed by atoms with E-state index >= 15 is 0 Å². The van der Waals surface area contributed by atoms with E-state index in [1.54, 1.807) is 72.8 Å². The second-order valence-electron chi connectivity index (χ2n) is 8.47. The predicted molar refractivity (Wildman–Crippen MR) is 135 cm³/mol. The molecule has 2 heterocycles. The number of benzene rings is 3. The Bertz CT molecular complexity index is 1490. The van der Waals surface area contributed by atoms with Gasteiger partial charge in [-0.1, -0.05) is 66.7 Å². The van der Waals surface area contributed by atoms with Gasteiger partial charge in [-0.25, -0.2) is 8.42 Å². The van der Waals surface area contributed by atoms with Crippen LogP contribution >= 0.6 is 11.7 Å². The van der Waals surface area contributed by atoms with Crippen LogP contribution < -0.4 is 0 Å². The van der Waals surface area contributed by atoms with E-state index in [0.29, 0.717) is 35.9 Å². The zero-order valence-corrected chi connectivity index (χ0v) is 20.8. The fourth-order valence-corrected chi connectivity index (χ4v) is 6.79. The first-order valence-electron chi connectivity index (χ1n) is 11.5. The quantitative estimate of drug-likeness (QED) is 0.262. The summed E-state index contributed by atoms with van der Waals surface area (Å²) in [6, 6.07) is 21.1. The number of nitrogens with zero attached hydrogens (tertiary/aromatic N) is 3. The molecule has 4 aromatic rings. The second kappa shape index (κ2) is 10.3. The van der Waals surface area contributed by atoms with Gasteiger partial charge in [-0.2, -0.15) is 13.1 Å². The Hall–Kier alpha value is -3.47. The maximum Gasteiger partial charge on any atom is 0.325 e. The van der Waals surface area contributed by atoms with E-state index in [-0.39, 0.29) is 22.7 Å². The molecule has 0 spiro atoms. The number of rotatable bonds is 7. The normalized spacial score (nSPS) is 17.5. The van der Waals surface area contributed by atoms with Crippen LogP contribution in [0.3, 0.4) is 0 Å². The van der Waals surface area contributed by atoms with Crippen LogP contribution in [0.15, 0.2) is 83.8 Å². The van der Waals surface area contributed by atoms with E-state index < -0.39 is 28.1 Å². The molecule has 36 heavy (non-hydrogen) atoms. The van der Waals surface area contributed by atoms with Crippen molar-refractivity contribution in [2.45, 2.75) is 36.3 Å². The maximum absolute atomic E-state index is 13.7. The third kappa shape index (κ3) is 4.67. The molecule has 0 amide bonds. The van der Waals surface area contributed by atoms with Crippen LogP contribution in [-0.4, -0.2) is 45.8 Å². The van der Waals surface area contributed by atoms with Gasteiger partial charge in [0.25, 0.3) is 0 Å². The van der Waals surface area contributed by atoms with Crippen LogP contribution in [0.1, 0.15) is 41.3 Å². The first kappa shape index (κ1) is 24.2. The SMILES string of the molecule is O=C(c1ccccc1)C(OC(=O)C1CCCCN1S(=O)(=O)c1cccc2nsnc12)c1ccccc1. The highest BCUT2D eigenvalue weighted by atomic mass is 32.2. The average Bonchev–Trinajstić information content (AvgIpc) is 3.41. The summed E-state index contributed by atoms with van der Waals surface area (Å²) in [6.45, 7) is 0.165. The van der Waals surface area contributed by atoms with E-state index in [0.717, 1.165) is 11.7 Å². The lowest BCUT2D eigenvalue weighted by Gasteiger charge is -2.33. The van der Waals surface area contributed by atoms with Gasteiger partial charge in [0.2, 0.25) is 15.8 Å². The van der Waals surface area contributed by atoms with Gasteiger partial charge in [0.15, 0.2) is 6.10 Å². The Balaban J connectivity index is 1.47. The van der Waals surface area contributed by atoms with Crippen molar-refractivity contribution in [2.24, 2.45) is 0 Å². The summed E-state index contributed by atoms with van der Waals surface area (Å²) < 4.78 is 42.7. The minimum absolute atomic E-state index is 0.00780. The zero-order chi connectivity index (χ0) is 25.1. The molecule has 1 aliphatic heterocycles. The molecular formula is C26H23N3O5S2. The largest absolute Gasteiger partial charge is 0.448 e. The smallest absolute Gasteiger partial charge is 0.325 e. The van der Waals surface area contributed by atoms with Gasteiger partial charge in [0.1, 0.15) is 22.0 Å². The zero-order valence-electron chi connectivity index (χ0n) is 19.2. The molecule has 1 saturated heterocycles. The number of esters is 1. The average molecular weight is 522 g/mol. The first-order chi connectivity index (χ1) is 17.5. The number of carbonyl (C=O) groups excluding carboxylic acids is 2. The number of ketones is 1. The number of piperidine rings is 1. The van der Waals surface area contributed by atoms with Gasteiger partial charge in [-0.3, -0.25) is 9.59 Å². The molecule has 0 N–H and O–H groups in total. The van der Waals surface area contributed by atoms with Crippen molar-refractivity contribution in [1.29, 1.82) is 0 Å². The topological polar surface area (TPSA) is 107 Å². The molecule has 1 fully saturated rings. The molecule has 5 rings (SSSR count). The van der Waals surface area contributed by atoms with Crippen LogP contribution in [0.4, 0.5) is 0 Å². The minimum atomic E-state index is -4.07. The summed E-state index contributed by atoms with van der Waals surface area (Å²) in [4.78, 5) is 26.9. The number of hydrogen-bond donors (Lipinski definition) is 0. The molecule has 3 aromatic carbocycles. The summed E-state index contributed by atoms with van der Waals surface area (Å²) in [5.41, 5.74) is 1.68. The molecule has 8 nitrogen and oxygen atoms in total. The molecule has 0 radical (unpaired) electrons. The Labute approximate surface area is 212 Å². The fraction of sp³-hybridized carbons (Fsp3) is 0.231. The highest BCUT2D eigenvalue weighted by Crippen LogP contribution is 2.31. The second-order valence-corrected chi connectivity index (χ2v) is 10.9. The summed E-state index contributed by atoms with van der Waals surface area (Å²) in [6.07, 6.45) is 0.374. The van der Waals surface area contributed by atoms with Crippen molar-refractivity contribution in [2.75, 3.05) is 6.54 Å².